The minimum absolute atomic E-state index is 0.0638. The lowest BCUT2D eigenvalue weighted by atomic mass is 10.2. The van der Waals surface area contributed by atoms with Crippen LogP contribution in [0.4, 0.5) is 9.18 Å². The molecular weight excluding hydrogens is 309 g/mol. The van der Waals surface area contributed by atoms with Crippen LogP contribution >= 0.6 is 0 Å². The van der Waals surface area contributed by atoms with Gasteiger partial charge in [0.2, 0.25) is 0 Å². The van der Waals surface area contributed by atoms with Crippen molar-refractivity contribution < 1.29 is 9.18 Å². The second kappa shape index (κ2) is 7.92. The number of piperazine rings is 1. The summed E-state index contributed by atoms with van der Waals surface area (Å²) in [5.41, 5.74) is 0.891. The number of urea groups is 1. The summed E-state index contributed by atoms with van der Waals surface area (Å²) < 4.78 is 14.8. The van der Waals surface area contributed by atoms with Crippen molar-refractivity contribution in [2.24, 2.45) is 0 Å². The van der Waals surface area contributed by atoms with Crippen molar-refractivity contribution in [3.63, 3.8) is 0 Å². The smallest absolute Gasteiger partial charge is 0.317 e. The van der Waals surface area contributed by atoms with E-state index in [1.165, 1.54) is 12.1 Å². The van der Waals surface area contributed by atoms with Crippen LogP contribution in [0, 0.1) is 5.82 Å². The van der Waals surface area contributed by atoms with Gasteiger partial charge in [-0.3, -0.25) is 9.58 Å². The molecule has 1 aromatic carbocycles. The van der Waals surface area contributed by atoms with Crippen LogP contribution in [0.25, 0.3) is 0 Å². The molecular formula is C17H22FN5O. The zero-order valence-electron chi connectivity index (χ0n) is 13.6. The average Bonchev–Trinajstić information content (AvgIpc) is 3.13. The molecule has 0 radical (unpaired) electrons. The number of carbonyl (C=O) groups excluding carboxylic acids is 1. The summed E-state index contributed by atoms with van der Waals surface area (Å²) in [7, 11) is 0. The lowest BCUT2D eigenvalue weighted by Crippen LogP contribution is -2.52. The van der Waals surface area contributed by atoms with E-state index < -0.39 is 0 Å². The van der Waals surface area contributed by atoms with Gasteiger partial charge in [0, 0.05) is 51.7 Å². The van der Waals surface area contributed by atoms with Gasteiger partial charge in [0.05, 0.1) is 6.54 Å². The summed E-state index contributed by atoms with van der Waals surface area (Å²) in [5.74, 6) is -0.267. The molecule has 2 aromatic rings. The number of halogens is 1. The van der Waals surface area contributed by atoms with Crippen molar-refractivity contribution >= 4 is 6.03 Å². The molecule has 3 rings (SSSR count). The van der Waals surface area contributed by atoms with Crippen LogP contribution in [0.2, 0.25) is 0 Å². The van der Waals surface area contributed by atoms with Crippen LogP contribution in [0.15, 0.2) is 42.7 Å². The van der Waals surface area contributed by atoms with Crippen molar-refractivity contribution in [1.82, 2.24) is 24.9 Å². The van der Waals surface area contributed by atoms with E-state index in [4.69, 9.17) is 0 Å². The first-order chi connectivity index (χ1) is 11.7. The molecule has 2 amide bonds. The van der Waals surface area contributed by atoms with E-state index in [1.54, 1.807) is 18.3 Å². The van der Waals surface area contributed by atoms with Crippen LogP contribution < -0.4 is 5.32 Å². The molecule has 1 saturated heterocycles. The lowest BCUT2D eigenvalue weighted by Gasteiger charge is -2.34. The molecule has 128 valence electrons. The Balaban J connectivity index is 1.37. The van der Waals surface area contributed by atoms with Gasteiger partial charge in [0.1, 0.15) is 5.82 Å². The summed E-state index contributed by atoms with van der Waals surface area (Å²) >= 11 is 0. The van der Waals surface area contributed by atoms with Crippen LogP contribution in [0.5, 0.6) is 0 Å². The van der Waals surface area contributed by atoms with Crippen molar-refractivity contribution in [2.75, 3.05) is 32.7 Å². The SMILES string of the molecule is O=C(NCc1ccc(F)cc1)N1CCN(CCn2cccn2)CC1. The molecule has 0 unspecified atom stereocenters. The third-order valence-electron chi connectivity index (χ3n) is 4.22. The molecule has 1 aromatic heterocycles. The van der Waals surface area contributed by atoms with Gasteiger partial charge in [-0.2, -0.15) is 5.10 Å². The minimum atomic E-state index is -0.267. The largest absolute Gasteiger partial charge is 0.334 e. The first-order valence-corrected chi connectivity index (χ1v) is 8.18. The van der Waals surface area contributed by atoms with Crippen LogP contribution in [0.3, 0.4) is 0 Å². The highest BCUT2D eigenvalue weighted by Gasteiger charge is 2.20. The van der Waals surface area contributed by atoms with E-state index in [1.807, 2.05) is 21.8 Å². The monoisotopic (exact) mass is 331 g/mol. The van der Waals surface area contributed by atoms with Crippen LogP contribution in [-0.2, 0) is 13.1 Å². The van der Waals surface area contributed by atoms with Gasteiger partial charge in [-0.25, -0.2) is 9.18 Å². The Morgan fingerprint density at radius 3 is 2.54 bits per heavy atom. The molecule has 1 aliphatic heterocycles. The number of hydrogen-bond donors (Lipinski definition) is 1. The zero-order chi connectivity index (χ0) is 16.8. The molecule has 0 spiro atoms. The number of benzene rings is 1. The Bertz CT molecular complexity index is 636. The van der Waals surface area contributed by atoms with E-state index in [0.29, 0.717) is 19.6 Å². The number of rotatable bonds is 5. The fourth-order valence-electron chi connectivity index (χ4n) is 2.74. The Hall–Kier alpha value is -2.41. The number of aromatic nitrogens is 2. The molecule has 0 saturated carbocycles. The summed E-state index contributed by atoms with van der Waals surface area (Å²) in [6, 6.07) is 8.03. The summed E-state index contributed by atoms with van der Waals surface area (Å²) in [4.78, 5) is 16.4. The zero-order valence-corrected chi connectivity index (χ0v) is 13.6. The van der Waals surface area contributed by atoms with E-state index in [2.05, 4.69) is 15.3 Å². The van der Waals surface area contributed by atoms with Gasteiger partial charge in [0.25, 0.3) is 0 Å². The number of carbonyl (C=O) groups is 1. The summed E-state index contributed by atoms with van der Waals surface area (Å²) in [5, 5.41) is 7.08. The maximum Gasteiger partial charge on any atom is 0.317 e. The van der Waals surface area contributed by atoms with Gasteiger partial charge in [-0.15, -0.1) is 0 Å². The maximum absolute atomic E-state index is 12.9. The van der Waals surface area contributed by atoms with E-state index in [0.717, 1.165) is 31.7 Å². The quantitative estimate of drug-likeness (QED) is 0.904. The Labute approximate surface area is 140 Å². The number of nitrogens with one attached hydrogen (secondary N) is 1. The lowest BCUT2D eigenvalue weighted by molar-refractivity contribution is 0.135. The van der Waals surface area contributed by atoms with Crippen LogP contribution in [0.1, 0.15) is 5.56 Å². The first kappa shape index (κ1) is 16.4. The predicted octanol–water partition coefficient (Wildman–Crippen LogP) is 1.55. The Kier molecular flexibility index (Phi) is 5.43. The molecule has 24 heavy (non-hydrogen) atoms. The number of amides is 2. The first-order valence-electron chi connectivity index (χ1n) is 8.18. The van der Waals surface area contributed by atoms with Crippen LogP contribution in [-0.4, -0.2) is 58.3 Å². The predicted molar refractivity (Wildman–Crippen MR) is 88.9 cm³/mol. The topological polar surface area (TPSA) is 53.4 Å². The fraction of sp³-hybridized carbons (Fsp3) is 0.412. The van der Waals surface area contributed by atoms with Crippen molar-refractivity contribution in [1.29, 1.82) is 0 Å². The van der Waals surface area contributed by atoms with E-state index >= 15 is 0 Å². The van der Waals surface area contributed by atoms with E-state index in [9.17, 15) is 9.18 Å². The molecule has 0 atom stereocenters. The second-order valence-electron chi connectivity index (χ2n) is 5.88. The normalized spacial score (nSPS) is 15.5. The molecule has 1 N–H and O–H groups in total. The maximum atomic E-state index is 12.9. The van der Waals surface area contributed by atoms with Gasteiger partial charge in [-0.05, 0) is 23.8 Å². The molecule has 2 heterocycles. The average molecular weight is 331 g/mol. The number of hydrogen-bond acceptors (Lipinski definition) is 3. The second-order valence-corrected chi connectivity index (χ2v) is 5.88. The highest BCUT2D eigenvalue weighted by molar-refractivity contribution is 5.74. The van der Waals surface area contributed by atoms with Crippen molar-refractivity contribution in [3.8, 4) is 0 Å². The van der Waals surface area contributed by atoms with Crippen molar-refractivity contribution in [2.45, 2.75) is 13.1 Å². The van der Waals surface area contributed by atoms with Gasteiger partial charge in [-0.1, -0.05) is 12.1 Å². The highest BCUT2D eigenvalue weighted by atomic mass is 19.1. The Morgan fingerprint density at radius 2 is 1.88 bits per heavy atom. The van der Waals surface area contributed by atoms with E-state index in [-0.39, 0.29) is 11.8 Å². The fourth-order valence-corrected chi connectivity index (χ4v) is 2.74. The third-order valence-corrected chi connectivity index (χ3v) is 4.22. The molecule has 1 fully saturated rings. The standard InChI is InChI=1S/C17H22FN5O/c18-16-4-2-15(3-5-16)14-19-17(24)22-11-8-21(9-12-22)10-13-23-7-1-6-20-23/h1-7H,8-14H2,(H,19,24). The third kappa shape index (κ3) is 4.55. The van der Waals surface area contributed by atoms with Gasteiger partial charge >= 0.3 is 6.03 Å². The molecule has 0 bridgehead atoms. The van der Waals surface area contributed by atoms with Crippen molar-refractivity contribution in [3.05, 3.63) is 54.1 Å². The molecule has 6 nitrogen and oxygen atoms in total. The summed E-state index contributed by atoms with van der Waals surface area (Å²) in [6.07, 6.45) is 3.74. The van der Waals surface area contributed by atoms with Gasteiger partial charge < -0.3 is 10.2 Å². The number of nitrogens with zero attached hydrogens (tertiary/aromatic N) is 4. The minimum Gasteiger partial charge on any atom is -0.334 e. The molecule has 7 heteroatoms. The molecule has 0 aliphatic carbocycles. The summed E-state index contributed by atoms with van der Waals surface area (Å²) in [6.45, 7) is 5.38. The molecule has 1 aliphatic rings. The highest BCUT2D eigenvalue weighted by Crippen LogP contribution is 2.05. The van der Waals surface area contributed by atoms with Gasteiger partial charge in [0.15, 0.2) is 0 Å². The Morgan fingerprint density at radius 1 is 1.12 bits per heavy atom.